The van der Waals surface area contributed by atoms with Crippen LogP contribution in [0.25, 0.3) is 11.2 Å². The summed E-state index contributed by atoms with van der Waals surface area (Å²) in [7, 11) is 0. The second kappa shape index (κ2) is 13.4. The van der Waals surface area contributed by atoms with E-state index in [4.69, 9.17) is 21.9 Å². The average Bonchev–Trinajstić information content (AvgIpc) is 3.36. The van der Waals surface area contributed by atoms with Crippen LogP contribution in [0.2, 0.25) is 0 Å². The molecule has 0 saturated carbocycles. The van der Waals surface area contributed by atoms with Crippen molar-refractivity contribution in [3.8, 4) is 0 Å². The van der Waals surface area contributed by atoms with Gasteiger partial charge >= 0.3 is 0 Å². The molecule has 0 radical (unpaired) electrons. The molecule has 5 atom stereocenters. The summed E-state index contributed by atoms with van der Waals surface area (Å²) in [5, 5.41) is 25.0. The monoisotopic (exact) mass is 482 g/mol. The summed E-state index contributed by atoms with van der Waals surface area (Å²) >= 11 is 1.75. The van der Waals surface area contributed by atoms with Gasteiger partial charge in [-0.3, -0.25) is 4.57 Å². The summed E-state index contributed by atoms with van der Waals surface area (Å²) in [6.07, 6.45) is 5.91. The number of imidazole rings is 1. The lowest BCUT2D eigenvalue weighted by Crippen LogP contribution is -2.33. The number of rotatable bonds is 15. The zero-order chi connectivity index (χ0) is 23.6. The molecule has 2 aromatic rings. The molecule has 9 N–H and O–H groups in total. The van der Waals surface area contributed by atoms with Crippen LogP contribution < -0.4 is 22.5 Å². The molecule has 2 aromatic heterocycles. The molecular weight excluding hydrogens is 444 g/mol. The third kappa shape index (κ3) is 6.98. The molecule has 0 spiro atoms. The van der Waals surface area contributed by atoms with Crippen LogP contribution in [0.3, 0.4) is 0 Å². The number of hydrogen-bond donors (Lipinski definition) is 6. The summed E-state index contributed by atoms with van der Waals surface area (Å²) in [4.78, 5) is 12.4. The lowest BCUT2D eigenvalue weighted by Gasteiger charge is -2.20. The first-order valence-electron chi connectivity index (χ1n) is 11.7. The highest BCUT2D eigenvalue weighted by Gasteiger charge is 2.44. The lowest BCUT2D eigenvalue weighted by molar-refractivity contribution is -0.0289. The van der Waals surface area contributed by atoms with Crippen molar-refractivity contribution < 1.29 is 14.9 Å². The predicted molar refractivity (Wildman–Crippen MR) is 131 cm³/mol. The van der Waals surface area contributed by atoms with Gasteiger partial charge in [-0.25, -0.2) is 15.0 Å². The minimum atomic E-state index is -1.09. The smallest absolute Gasteiger partial charge is 0.167 e. The molecule has 0 amide bonds. The van der Waals surface area contributed by atoms with Gasteiger partial charge in [-0.1, -0.05) is 12.8 Å². The van der Waals surface area contributed by atoms with Gasteiger partial charge < -0.3 is 37.5 Å². The molecule has 1 fully saturated rings. The first kappa shape index (κ1) is 26.1. The van der Waals surface area contributed by atoms with Gasteiger partial charge in [0.1, 0.15) is 24.1 Å². The van der Waals surface area contributed by atoms with E-state index >= 15 is 0 Å². The van der Waals surface area contributed by atoms with Gasteiger partial charge in [-0.15, -0.1) is 0 Å². The highest BCUT2D eigenvalue weighted by molar-refractivity contribution is 7.99. The number of anilines is 1. The predicted octanol–water partition coefficient (Wildman–Crippen LogP) is -0.0229. The normalized spacial score (nSPS) is 24.0. The minimum Gasteiger partial charge on any atom is -0.387 e. The Balaban J connectivity index is 1.47. The average molecular weight is 483 g/mol. The van der Waals surface area contributed by atoms with E-state index in [1.165, 1.54) is 19.1 Å². The van der Waals surface area contributed by atoms with Crippen LogP contribution in [-0.2, 0) is 4.74 Å². The van der Waals surface area contributed by atoms with Crippen LogP contribution in [0, 0.1) is 0 Å². The maximum Gasteiger partial charge on any atom is 0.167 e. The van der Waals surface area contributed by atoms with Crippen molar-refractivity contribution in [3.63, 3.8) is 0 Å². The Morgan fingerprint density at radius 2 is 1.85 bits per heavy atom. The van der Waals surface area contributed by atoms with Crippen molar-refractivity contribution in [1.82, 2.24) is 24.8 Å². The highest BCUT2D eigenvalue weighted by Crippen LogP contribution is 2.34. The number of nitrogens with zero attached hydrogens (tertiary/aromatic N) is 4. The van der Waals surface area contributed by atoms with Crippen molar-refractivity contribution >= 4 is 28.7 Å². The number of nitrogens with two attached hydrogens (primary N) is 3. The quantitative estimate of drug-likeness (QED) is 0.187. The molecule has 3 rings (SSSR count). The Morgan fingerprint density at radius 1 is 1.03 bits per heavy atom. The van der Waals surface area contributed by atoms with E-state index < -0.39 is 24.5 Å². The summed E-state index contributed by atoms with van der Waals surface area (Å²) < 4.78 is 7.65. The third-order valence-electron chi connectivity index (χ3n) is 5.92. The summed E-state index contributed by atoms with van der Waals surface area (Å²) in [6.45, 7) is 3.35. The molecule has 1 aliphatic rings. The standard InChI is InChI=1S/C21H38N8O3S/c22-7-4-10-25-9-3-1-2-5-14(6-8-23)33-11-15-17(30)18(31)21(32-15)29-13-28-16-19(24)26-12-27-20(16)29/h12-15,17-18,21,25,30-31H,1-11,22-23H2,(H2,24,26,27)/t14?,15-,17-,18-,21-/m1/s1. The van der Waals surface area contributed by atoms with Crippen molar-refractivity contribution in [1.29, 1.82) is 0 Å². The van der Waals surface area contributed by atoms with Crippen molar-refractivity contribution in [2.24, 2.45) is 11.5 Å². The molecule has 12 heteroatoms. The van der Waals surface area contributed by atoms with E-state index in [-0.39, 0.29) is 5.82 Å². The molecule has 0 bridgehead atoms. The molecule has 33 heavy (non-hydrogen) atoms. The van der Waals surface area contributed by atoms with Crippen LogP contribution >= 0.6 is 11.8 Å². The third-order valence-corrected chi connectivity index (χ3v) is 7.38. The van der Waals surface area contributed by atoms with E-state index in [9.17, 15) is 10.2 Å². The van der Waals surface area contributed by atoms with Gasteiger partial charge in [-0.2, -0.15) is 11.8 Å². The first-order valence-corrected chi connectivity index (χ1v) is 12.8. The number of fused-ring (bicyclic) bond motifs is 1. The van der Waals surface area contributed by atoms with Crippen LogP contribution in [0.1, 0.15) is 44.8 Å². The number of unbranched alkanes of at least 4 members (excludes halogenated alkanes) is 2. The van der Waals surface area contributed by atoms with Crippen LogP contribution in [0.5, 0.6) is 0 Å². The van der Waals surface area contributed by atoms with E-state index in [0.717, 1.165) is 51.7 Å². The SMILES string of the molecule is NCCCNCCCCCC(CCN)SC[C@H]1O[C@@H](n2cnc3c(N)ncnc32)[C@H](O)[C@@H]1O. The van der Waals surface area contributed by atoms with Gasteiger partial charge in [0.05, 0.1) is 12.4 Å². The summed E-state index contributed by atoms with van der Waals surface area (Å²) in [6, 6.07) is 0. The largest absolute Gasteiger partial charge is 0.387 e. The molecule has 1 unspecified atom stereocenters. The van der Waals surface area contributed by atoms with E-state index in [2.05, 4.69) is 20.3 Å². The highest BCUT2D eigenvalue weighted by atomic mass is 32.2. The van der Waals surface area contributed by atoms with Gasteiger partial charge in [0.2, 0.25) is 0 Å². The molecule has 3 heterocycles. The van der Waals surface area contributed by atoms with Gasteiger partial charge in [0, 0.05) is 11.0 Å². The minimum absolute atomic E-state index is 0.259. The number of nitrogens with one attached hydrogen (secondary N) is 1. The fourth-order valence-electron chi connectivity index (χ4n) is 4.03. The zero-order valence-electron chi connectivity index (χ0n) is 19.1. The van der Waals surface area contributed by atoms with Gasteiger partial charge in [-0.05, 0) is 51.9 Å². The van der Waals surface area contributed by atoms with Crippen LogP contribution in [0.4, 0.5) is 5.82 Å². The Hall–Kier alpha value is -1.54. The van der Waals surface area contributed by atoms with E-state index in [1.807, 2.05) is 0 Å². The van der Waals surface area contributed by atoms with E-state index in [1.54, 1.807) is 16.3 Å². The Bertz CT molecular complexity index is 841. The lowest BCUT2D eigenvalue weighted by atomic mass is 10.1. The first-order chi connectivity index (χ1) is 16.1. The molecule has 0 aromatic carbocycles. The molecule has 1 aliphatic heterocycles. The van der Waals surface area contributed by atoms with Crippen molar-refractivity contribution in [3.05, 3.63) is 12.7 Å². The number of hydrogen-bond acceptors (Lipinski definition) is 11. The Labute approximate surface area is 198 Å². The second-order valence-electron chi connectivity index (χ2n) is 8.40. The number of aliphatic hydroxyl groups excluding tert-OH is 2. The van der Waals surface area contributed by atoms with E-state index in [0.29, 0.717) is 28.7 Å². The molecular formula is C21H38N8O3S. The van der Waals surface area contributed by atoms with Crippen molar-refractivity contribution in [2.75, 3.05) is 37.7 Å². The molecule has 11 nitrogen and oxygen atoms in total. The maximum atomic E-state index is 10.6. The molecule has 186 valence electrons. The molecule has 0 aliphatic carbocycles. The topological polar surface area (TPSA) is 183 Å². The Morgan fingerprint density at radius 3 is 2.64 bits per heavy atom. The summed E-state index contributed by atoms with van der Waals surface area (Å²) in [5.74, 6) is 0.832. The fourth-order valence-corrected chi connectivity index (χ4v) is 5.41. The number of aliphatic hydroxyl groups is 2. The van der Waals surface area contributed by atoms with Crippen LogP contribution in [-0.4, -0.2) is 85.2 Å². The number of thioether (sulfide) groups is 1. The second-order valence-corrected chi connectivity index (χ2v) is 9.74. The number of nitrogen functional groups attached to an aromatic ring is 1. The number of aromatic nitrogens is 4. The Kier molecular flexibility index (Phi) is 10.6. The summed E-state index contributed by atoms with van der Waals surface area (Å²) in [5.41, 5.74) is 18.1. The van der Waals surface area contributed by atoms with Gasteiger partial charge in [0.15, 0.2) is 17.7 Å². The van der Waals surface area contributed by atoms with Crippen LogP contribution in [0.15, 0.2) is 12.7 Å². The fraction of sp³-hybridized carbons (Fsp3) is 0.762. The van der Waals surface area contributed by atoms with Crippen molar-refractivity contribution in [2.45, 2.75) is 68.3 Å². The van der Waals surface area contributed by atoms with Gasteiger partial charge in [0.25, 0.3) is 0 Å². The molecule has 1 saturated heterocycles. The maximum absolute atomic E-state index is 10.6. The number of ether oxygens (including phenoxy) is 1. The zero-order valence-corrected chi connectivity index (χ0v) is 19.9.